The van der Waals surface area contributed by atoms with Crippen LogP contribution in [0.25, 0.3) is 0 Å². The molecule has 0 amide bonds. The van der Waals surface area contributed by atoms with E-state index in [-0.39, 0.29) is 5.69 Å². The molecule has 0 atom stereocenters. The highest BCUT2D eigenvalue weighted by Crippen LogP contribution is 2.30. The number of nitro benzene ring substituents is 1. The van der Waals surface area contributed by atoms with Crippen LogP contribution in [0.2, 0.25) is 5.02 Å². The second-order valence-corrected chi connectivity index (χ2v) is 3.82. The number of nitrogens with one attached hydrogen (secondary N) is 1. The van der Waals surface area contributed by atoms with E-state index in [0.717, 1.165) is 6.07 Å². The van der Waals surface area contributed by atoms with Gasteiger partial charge in [0.2, 0.25) is 0 Å². The Kier molecular flexibility index (Phi) is 4.36. The summed E-state index contributed by atoms with van der Waals surface area (Å²) in [4.78, 5) is 9.67. The lowest BCUT2D eigenvalue weighted by Gasteiger charge is -2.15. The fourth-order valence-electron chi connectivity index (χ4n) is 1.11. The number of hydrogen-bond donors (Lipinski definition) is 2. The molecule has 1 aromatic carbocycles. The van der Waals surface area contributed by atoms with Gasteiger partial charge in [-0.15, -0.1) is 0 Å². The second kappa shape index (κ2) is 5.40. The number of hydrogen-bond acceptors (Lipinski definition) is 4. The third kappa shape index (κ3) is 3.47. The minimum atomic E-state index is -3.45. The lowest BCUT2D eigenvalue weighted by molar-refractivity contribution is -0.384. The van der Waals surface area contributed by atoms with Gasteiger partial charge in [-0.3, -0.25) is 10.1 Å². The molecule has 100 valence electrons. The minimum absolute atomic E-state index is 0.348. The Hall–Kier alpha value is -1.54. The van der Waals surface area contributed by atoms with Gasteiger partial charge in [-0.05, 0) is 6.07 Å². The van der Waals surface area contributed by atoms with Crippen molar-refractivity contribution in [2.75, 3.05) is 18.5 Å². The van der Waals surface area contributed by atoms with Crippen molar-refractivity contribution in [1.82, 2.24) is 0 Å². The average Bonchev–Trinajstić information content (AvgIpc) is 2.30. The third-order valence-corrected chi connectivity index (χ3v) is 2.29. The van der Waals surface area contributed by atoms with Crippen molar-refractivity contribution in [3.8, 4) is 0 Å². The van der Waals surface area contributed by atoms with Gasteiger partial charge >= 0.3 is 0 Å². The highest BCUT2D eigenvalue weighted by molar-refractivity contribution is 6.31. The van der Waals surface area contributed by atoms with Gasteiger partial charge in [-0.1, -0.05) is 11.6 Å². The summed E-state index contributed by atoms with van der Waals surface area (Å²) in [5.41, 5.74) is -1.06. The summed E-state index contributed by atoms with van der Waals surface area (Å²) in [5.74, 6) is -4.47. The monoisotopic (exact) mass is 284 g/mol. The summed E-state index contributed by atoms with van der Waals surface area (Å²) < 4.78 is 38.5. The largest absolute Gasteiger partial charge is 0.390 e. The van der Waals surface area contributed by atoms with Crippen molar-refractivity contribution in [3.63, 3.8) is 0 Å². The van der Waals surface area contributed by atoms with Crippen molar-refractivity contribution in [3.05, 3.63) is 33.1 Å². The number of alkyl halides is 2. The maximum absolute atomic E-state index is 13.0. The summed E-state index contributed by atoms with van der Waals surface area (Å²) in [6.07, 6.45) is 0. The minimum Gasteiger partial charge on any atom is -0.390 e. The van der Waals surface area contributed by atoms with Crippen LogP contribution in [-0.4, -0.2) is 29.1 Å². The first-order valence-corrected chi connectivity index (χ1v) is 5.00. The first kappa shape index (κ1) is 14.5. The molecule has 0 saturated heterocycles. The summed E-state index contributed by atoms with van der Waals surface area (Å²) in [5, 5.41) is 20.6. The van der Waals surface area contributed by atoms with Crippen LogP contribution in [0, 0.1) is 15.9 Å². The van der Waals surface area contributed by atoms with E-state index in [0.29, 0.717) is 6.07 Å². The SMILES string of the molecule is O=[N+]([O-])c1cc(F)c(Cl)cc1NCC(F)(F)CO. The number of aliphatic hydroxyl groups excluding tert-OH is 1. The van der Waals surface area contributed by atoms with E-state index < -0.39 is 40.5 Å². The standard InChI is InChI=1S/C9H8ClF3N2O3/c10-5-1-7(14-3-9(12,13)4-16)8(15(17)18)2-6(5)11/h1-2,14,16H,3-4H2. The highest BCUT2D eigenvalue weighted by atomic mass is 35.5. The van der Waals surface area contributed by atoms with Crippen LogP contribution in [0.4, 0.5) is 24.5 Å². The first-order chi connectivity index (χ1) is 8.26. The summed E-state index contributed by atoms with van der Waals surface area (Å²) in [7, 11) is 0. The maximum Gasteiger partial charge on any atom is 0.295 e. The highest BCUT2D eigenvalue weighted by Gasteiger charge is 2.29. The number of benzene rings is 1. The van der Waals surface area contributed by atoms with E-state index in [1.165, 1.54) is 0 Å². The summed E-state index contributed by atoms with van der Waals surface area (Å²) in [6, 6.07) is 1.37. The molecule has 0 aliphatic heterocycles. The number of halogens is 4. The molecule has 0 aromatic heterocycles. The number of aliphatic hydroxyl groups is 1. The Morgan fingerprint density at radius 3 is 2.61 bits per heavy atom. The smallest absolute Gasteiger partial charge is 0.295 e. The van der Waals surface area contributed by atoms with Crippen LogP contribution < -0.4 is 5.32 Å². The predicted molar refractivity (Wildman–Crippen MR) is 58.6 cm³/mol. The van der Waals surface area contributed by atoms with E-state index in [2.05, 4.69) is 5.32 Å². The molecule has 0 bridgehead atoms. The molecule has 5 nitrogen and oxygen atoms in total. The normalized spacial score (nSPS) is 11.4. The Labute approximate surface area is 104 Å². The summed E-state index contributed by atoms with van der Waals surface area (Å²) >= 11 is 5.40. The molecule has 0 spiro atoms. The average molecular weight is 285 g/mol. The fraction of sp³-hybridized carbons (Fsp3) is 0.333. The van der Waals surface area contributed by atoms with Crippen LogP contribution >= 0.6 is 11.6 Å². The molecule has 9 heteroatoms. The Morgan fingerprint density at radius 1 is 1.50 bits per heavy atom. The van der Waals surface area contributed by atoms with E-state index >= 15 is 0 Å². The van der Waals surface area contributed by atoms with Gasteiger partial charge in [0.25, 0.3) is 11.6 Å². The quantitative estimate of drug-likeness (QED) is 0.643. The van der Waals surface area contributed by atoms with Crippen molar-refractivity contribution in [1.29, 1.82) is 0 Å². The lowest BCUT2D eigenvalue weighted by atomic mass is 10.2. The van der Waals surface area contributed by atoms with Gasteiger partial charge in [0, 0.05) is 0 Å². The lowest BCUT2D eigenvalue weighted by Crippen LogP contribution is -2.31. The van der Waals surface area contributed by atoms with Gasteiger partial charge in [0.1, 0.15) is 18.1 Å². The summed E-state index contributed by atoms with van der Waals surface area (Å²) in [6.45, 7) is -2.45. The third-order valence-electron chi connectivity index (χ3n) is 2.00. The first-order valence-electron chi connectivity index (χ1n) is 4.63. The molecule has 0 aliphatic rings. The molecular weight excluding hydrogens is 277 g/mol. The molecule has 0 fully saturated rings. The zero-order valence-corrected chi connectivity index (χ0v) is 9.55. The molecule has 0 saturated carbocycles. The second-order valence-electron chi connectivity index (χ2n) is 3.41. The molecule has 2 N–H and O–H groups in total. The number of anilines is 1. The van der Waals surface area contributed by atoms with Gasteiger partial charge in [0.15, 0.2) is 0 Å². The van der Waals surface area contributed by atoms with E-state index in [4.69, 9.17) is 16.7 Å². The maximum atomic E-state index is 13.0. The topological polar surface area (TPSA) is 75.4 Å². The van der Waals surface area contributed by atoms with Crippen LogP contribution in [0.3, 0.4) is 0 Å². The molecule has 0 aliphatic carbocycles. The van der Waals surface area contributed by atoms with Crippen molar-refractivity contribution in [2.24, 2.45) is 0 Å². The van der Waals surface area contributed by atoms with Crippen molar-refractivity contribution < 1.29 is 23.2 Å². The molecule has 0 unspecified atom stereocenters. The Bertz CT molecular complexity index is 471. The zero-order valence-electron chi connectivity index (χ0n) is 8.79. The number of nitrogens with zero attached hydrogens (tertiary/aromatic N) is 1. The Morgan fingerprint density at radius 2 is 2.11 bits per heavy atom. The van der Waals surface area contributed by atoms with E-state index in [1.54, 1.807) is 0 Å². The van der Waals surface area contributed by atoms with E-state index in [9.17, 15) is 23.3 Å². The number of rotatable bonds is 5. The van der Waals surface area contributed by atoms with Crippen LogP contribution in [-0.2, 0) is 0 Å². The van der Waals surface area contributed by atoms with Crippen LogP contribution in [0.1, 0.15) is 0 Å². The van der Waals surface area contributed by atoms with Gasteiger partial charge in [-0.2, -0.15) is 0 Å². The van der Waals surface area contributed by atoms with Crippen molar-refractivity contribution >= 4 is 23.0 Å². The van der Waals surface area contributed by atoms with E-state index in [1.807, 2.05) is 0 Å². The van der Waals surface area contributed by atoms with Crippen molar-refractivity contribution in [2.45, 2.75) is 5.92 Å². The van der Waals surface area contributed by atoms with Gasteiger partial charge in [-0.25, -0.2) is 13.2 Å². The number of nitro groups is 1. The molecule has 0 heterocycles. The molecule has 1 aromatic rings. The van der Waals surface area contributed by atoms with Gasteiger partial charge < -0.3 is 10.4 Å². The molecule has 18 heavy (non-hydrogen) atoms. The Balaban J connectivity index is 3.01. The predicted octanol–water partition coefficient (Wildman–Crippen LogP) is 2.43. The van der Waals surface area contributed by atoms with Crippen LogP contribution in [0.5, 0.6) is 0 Å². The van der Waals surface area contributed by atoms with Gasteiger partial charge in [0.05, 0.1) is 22.6 Å². The molecule has 0 radical (unpaired) electrons. The fourth-order valence-corrected chi connectivity index (χ4v) is 1.27. The molecule has 1 rings (SSSR count). The van der Waals surface area contributed by atoms with Crippen LogP contribution in [0.15, 0.2) is 12.1 Å². The molecular formula is C9H8ClF3N2O3. The zero-order chi connectivity index (χ0) is 13.9.